The van der Waals surface area contributed by atoms with Gasteiger partial charge in [0.2, 0.25) is 0 Å². The van der Waals surface area contributed by atoms with Crippen molar-refractivity contribution in [3.63, 3.8) is 0 Å². The predicted molar refractivity (Wildman–Crippen MR) is 123 cm³/mol. The molecule has 2 N–H and O–H groups in total. The first-order valence-corrected chi connectivity index (χ1v) is 11.7. The van der Waals surface area contributed by atoms with Gasteiger partial charge >= 0.3 is 11.9 Å². The fraction of sp³-hybridized carbons (Fsp3) is 0.565. The van der Waals surface area contributed by atoms with E-state index < -0.39 is 17.5 Å². The first kappa shape index (κ1) is 26.0. The largest absolute Gasteiger partial charge is 0.473 e. The number of hydrogen-bond donors (Lipinski definition) is 2. The van der Waals surface area contributed by atoms with E-state index in [9.17, 15) is 4.79 Å². The van der Waals surface area contributed by atoms with Gasteiger partial charge in [-0.3, -0.25) is 14.7 Å². The fourth-order valence-electron chi connectivity index (χ4n) is 3.93. The molecule has 0 atom stereocenters. The lowest BCUT2D eigenvalue weighted by atomic mass is 9.98. The summed E-state index contributed by atoms with van der Waals surface area (Å²) >= 11 is 3.60. The number of carboxylic acid groups (broad SMARTS) is 2. The summed E-state index contributed by atoms with van der Waals surface area (Å²) in [5.41, 5.74) is 1.81. The summed E-state index contributed by atoms with van der Waals surface area (Å²) in [6.07, 6.45) is 7.13. The van der Waals surface area contributed by atoms with Gasteiger partial charge in [0.1, 0.15) is 11.4 Å². The van der Waals surface area contributed by atoms with E-state index in [4.69, 9.17) is 29.5 Å². The molecule has 0 unspecified atom stereocenters. The number of amidine groups is 1. The molecule has 1 aliphatic carbocycles. The molecule has 176 valence electrons. The molecule has 0 saturated heterocycles. The number of aliphatic imine (C=N–C) groups is 1. The van der Waals surface area contributed by atoms with Crippen molar-refractivity contribution in [1.82, 2.24) is 4.90 Å². The lowest BCUT2D eigenvalue weighted by Gasteiger charge is -2.23. The highest BCUT2D eigenvalue weighted by Gasteiger charge is 2.49. The molecular weight excluding hydrogens is 480 g/mol. The zero-order chi connectivity index (χ0) is 23.7. The minimum absolute atomic E-state index is 0.218. The van der Waals surface area contributed by atoms with Crippen molar-refractivity contribution in [1.29, 1.82) is 0 Å². The van der Waals surface area contributed by atoms with Gasteiger partial charge in [-0.2, -0.15) is 0 Å². The van der Waals surface area contributed by atoms with Crippen LogP contribution < -0.4 is 0 Å². The third-order valence-electron chi connectivity index (χ3n) is 5.58. The second-order valence-corrected chi connectivity index (χ2v) is 8.79. The smallest absolute Gasteiger partial charge is 0.414 e. The zero-order valence-corrected chi connectivity index (χ0v) is 20.2. The molecule has 0 bridgehead atoms. The van der Waals surface area contributed by atoms with E-state index in [1.807, 2.05) is 11.8 Å². The molecule has 3 rings (SSSR count). The Balaban J connectivity index is 0.000000534. The SMILES string of the molecule is CCCCC1=NC2(CCCC2)C(=O)N1Cc1ccc(Br)c(COCC)c1.O=C(O)C(=O)O. The molecule has 9 heteroatoms. The maximum Gasteiger partial charge on any atom is 0.414 e. The van der Waals surface area contributed by atoms with E-state index in [-0.39, 0.29) is 5.91 Å². The molecule has 1 aromatic rings. The maximum absolute atomic E-state index is 13.2. The molecule has 2 aliphatic rings. The number of carboxylic acids is 2. The van der Waals surface area contributed by atoms with Gasteiger partial charge in [-0.1, -0.05) is 54.2 Å². The Morgan fingerprint density at radius 2 is 1.84 bits per heavy atom. The summed E-state index contributed by atoms with van der Waals surface area (Å²) in [5.74, 6) is -2.44. The molecular formula is C23H31BrN2O6. The van der Waals surface area contributed by atoms with Gasteiger partial charge in [0.25, 0.3) is 5.91 Å². The van der Waals surface area contributed by atoms with E-state index >= 15 is 0 Å². The number of halogens is 1. The van der Waals surface area contributed by atoms with Crippen molar-refractivity contribution >= 4 is 39.6 Å². The van der Waals surface area contributed by atoms with E-state index in [1.54, 1.807) is 0 Å². The van der Waals surface area contributed by atoms with Gasteiger partial charge in [-0.15, -0.1) is 0 Å². The quantitative estimate of drug-likeness (QED) is 0.501. The van der Waals surface area contributed by atoms with Gasteiger partial charge in [0.15, 0.2) is 0 Å². The summed E-state index contributed by atoms with van der Waals surface area (Å²) < 4.78 is 6.61. The highest BCUT2D eigenvalue weighted by molar-refractivity contribution is 9.10. The Hall–Kier alpha value is -2.26. The summed E-state index contributed by atoms with van der Waals surface area (Å²) in [6, 6.07) is 6.28. The predicted octanol–water partition coefficient (Wildman–Crippen LogP) is 4.38. The number of unbranched alkanes of at least 4 members (excludes halogenated alkanes) is 1. The van der Waals surface area contributed by atoms with Crippen molar-refractivity contribution in [2.24, 2.45) is 4.99 Å². The van der Waals surface area contributed by atoms with Gasteiger partial charge in [-0.25, -0.2) is 9.59 Å². The number of nitrogens with zero attached hydrogens (tertiary/aromatic N) is 2. The number of aliphatic carboxylic acids is 2. The fourth-order valence-corrected chi connectivity index (χ4v) is 4.29. The number of benzene rings is 1. The van der Waals surface area contributed by atoms with Gasteiger partial charge in [0.05, 0.1) is 13.2 Å². The van der Waals surface area contributed by atoms with Crippen LogP contribution in [0.25, 0.3) is 0 Å². The molecule has 0 radical (unpaired) electrons. The average molecular weight is 511 g/mol. The highest BCUT2D eigenvalue weighted by Crippen LogP contribution is 2.40. The minimum Gasteiger partial charge on any atom is -0.473 e. The molecule has 0 aromatic heterocycles. The van der Waals surface area contributed by atoms with Crippen LogP contribution in [-0.2, 0) is 32.3 Å². The minimum atomic E-state index is -1.82. The van der Waals surface area contributed by atoms with Crippen molar-refractivity contribution in [3.05, 3.63) is 33.8 Å². The molecule has 1 heterocycles. The summed E-state index contributed by atoms with van der Waals surface area (Å²) in [4.78, 5) is 38.3. The number of ether oxygens (including phenoxy) is 1. The molecule has 32 heavy (non-hydrogen) atoms. The lowest BCUT2D eigenvalue weighted by molar-refractivity contribution is -0.159. The second kappa shape index (κ2) is 12.1. The van der Waals surface area contributed by atoms with Crippen LogP contribution in [0.2, 0.25) is 0 Å². The number of rotatable bonds is 8. The van der Waals surface area contributed by atoms with E-state index in [0.717, 1.165) is 66.4 Å². The van der Waals surface area contributed by atoms with Crippen LogP contribution in [0.3, 0.4) is 0 Å². The molecule has 1 amide bonds. The van der Waals surface area contributed by atoms with Gasteiger partial charge in [0, 0.05) is 17.5 Å². The van der Waals surface area contributed by atoms with Crippen LogP contribution in [0.4, 0.5) is 0 Å². The van der Waals surface area contributed by atoms with Gasteiger partial charge < -0.3 is 14.9 Å². The van der Waals surface area contributed by atoms with Crippen molar-refractivity contribution in [2.45, 2.75) is 77.5 Å². The molecule has 8 nitrogen and oxygen atoms in total. The third-order valence-corrected chi connectivity index (χ3v) is 6.35. The van der Waals surface area contributed by atoms with Crippen LogP contribution in [-0.4, -0.2) is 50.9 Å². The van der Waals surface area contributed by atoms with Crippen LogP contribution in [0, 0.1) is 0 Å². The van der Waals surface area contributed by atoms with Crippen molar-refractivity contribution < 1.29 is 29.3 Å². The Bertz CT molecular complexity index is 852. The zero-order valence-electron chi connectivity index (χ0n) is 18.6. The lowest BCUT2D eigenvalue weighted by Crippen LogP contribution is -2.40. The Morgan fingerprint density at radius 1 is 1.19 bits per heavy atom. The second-order valence-electron chi connectivity index (χ2n) is 7.93. The van der Waals surface area contributed by atoms with Crippen LogP contribution in [0.5, 0.6) is 0 Å². The first-order chi connectivity index (χ1) is 15.2. The number of amides is 1. The molecule has 1 spiro atoms. The van der Waals surface area contributed by atoms with Crippen molar-refractivity contribution in [3.8, 4) is 0 Å². The van der Waals surface area contributed by atoms with Crippen LogP contribution in [0.1, 0.15) is 69.9 Å². The Labute approximate surface area is 196 Å². The van der Waals surface area contributed by atoms with E-state index in [0.29, 0.717) is 19.8 Å². The number of carbonyl (C=O) groups is 3. The van der Waals surface area contributed by atoms with E-state index in [1.165, 1.54) is 0 Å². The van der Waals surface area contributed by atoms with Crippen LogP contribution in [0.15, 0.2) is 27.7 Å². The van der Waals surface area contributed by atoms with Gasteiger partial charge in [-0.05, 0) is 43.4 Å². The summed E-state index contributed by atoms with van der Waals surface area (Å²) in [6.45, 7) is 6.06. The third kappa shape index (κ3) is 6.62. The monoisotopic (exact) mass is 510 g/mol. The topological polar surface area (TPSA) is 117 Å². The Kier molecular flexibility index (Phi) is 9.84. The molecule has 1 saturated carbocycles. The van der Waals surface area contributed by atoms with E-state index in [2.05, 4.69) is 41.1 Å². The maximum atomic E-state index is 13.2. The number of carbonyl (C=O) groups excluding carboxylic acids is 1. The first-order valence-electron chi connectivity index (χ1n) is 11.0. The normalized spacial score (nSPS) is 16.7. The molecule has 1 aromatic carbocycles. The highest BCUT2D eigenvalue weighted by atomic mass is 79.9. The average Bonchev–Trinajstić information content (AvgIpc) is 3.33. The standard InChI is InChI=1S/C21H29BrN2O2.C2H2O4/c1-3-5-8-19-23-21(11-6-7-12-21)20(25)24(19)14-16-9-10-18(22)17(13-16)15-26-4-2;3-1(4)2(5)6/h9-10,13H,3-8,11-12,14-15H2,1-2H3;(H,3,4)(H,5,6). The van der Waals surface area contributed by atoms with Crippen molar-refractivity contribution in [2.75, 3.05) is 6.61 Å². The Morgan fingerprint density at radius 3 is 2.41 bits per heavy atom. The number of hydrogen-bond acceptors (Lipinski definition) is 5. The molecule has 1 aliphatic heterocycles. The molecule has 1 fully saturated rings. The summed E-state index contributed by atoms with van der Waals surface area (Å²) in [5, 5.41) is 14.8. The van der Waals surface area contributed by atoms with Crippen LogP contribution >= 0.6 is 15.9 Å². The summed E-state index contributed by atoms with van der Waals surface area (Å²) in [7, 11) is 0.